The van der Waals surface area contributed by atoms with Crippen molar-refractivity contribution in [3.05, 3.63) is 42.2 Å². The zero-order valence-corrected chi connectivity index (χ0v) is 13.2. The van der Waals surface area contributed by atoms with Gasteiger partial charge in [-0.25, -0.2) is 9.97 Å². The van der Waals surface area contributed by atoms with Crippen LogP contribution in [0.15, 0.2) is 36.5 Å². The molecule has 5 heteroatoms. The summed E-state index contributed by atoms with van der Waals surface area (Å²) >= 11 is 0. The van der Waals surface area contributed by atoms with Gasteiger partial charge >= 0.3 is 0 Å². The molecular formula is C18H21N3O2. The molecule has 1 aliphatic carbocycles. The number of aromatic nitrogens is 2. The number of benzene rings is 1. The Balaban J connectivity index is 1.64. The van der Waals surface area contributed by atoms with Crippen molar-refractivity contribution in [1.29, 1.82) is 0 Å². The lowest BCUT2D eigenvalue weighted by Crippen LogP contribution is -2.30. The Morgan fingerprint density at radius 1 is 1.22 bits per heavy atom. The van der Waals surface area contributed by atoms with E-state index in [2.05, 4.69) is 15.3 Å². The Morgan fingerprint density at radius 2 is 1.91 bits per heavy atom. The van der Waals surface area contributed by atoms with E-state index in [1.54, 1.807) is 6.20 Å². The standard InChI is InChI=1S/C18H21N3O2/c1-13-8-11-19-17(20-13)14-4-6-15(7-5-14)21-16(22)12-18(23)9-2-3-10-18/h4-8,11,23H,2-3,9-10,12H2,1H3,(H,21,22). The topological polar surface area (TPSA) is 75.1 Å². The molecule has 0 radical (unpaired) electrons. The SMILES string of the molecule is Cc1ccnc(-c2ccc(NC(=O)CC3(O)CCCC3)cc2)n1. The van der Waals surface area contributed by atoms with Crippen molar-refractivity contribution >= 4 is 11.6 Å². The van der Waals surface area contributed by atoms with Crippen LogP contribution in [-0.4, -0.2) is 26.6 Å². The van der Waals surface area contributed by atoms with E-state index in [1.807, 2.05) is 37.3 Å². The summed E-state index contributed by atoms with van der Waals surface area (Å²) in [6.45, 7) is 1.92. The smallest absolute Gasteiger partial charge is 0.227 e. The van der Waals surface area contributed by atoms with E-state index in [0.717, 1.165) is 24.1 Å². The molecule has 0 unspecified atom stereocenters. The summed E-state index contributed by atoms with van der Waals surface area (Å²) in [6, 6.07) is 9.28. The maximum absolute atomic E-state index is 12.1. The minimum Gasteiger partial charge on any atom is -0.389 e. The Hall–Kier alpha value is -2.27. The number of nitrogens with zero attached hydrogens (tertiary/aromatic N) is 2. The van der Waals surface area contributed by atoms with Gasteiger partial charge in [0.05, 0.1) is 12.0 Å². The van der Waals surface area contributed by atoms with Crippen molar-refractivity contribution in [2.45, 2.75) is 44.6 Å². The lowest BCUT2D eigenvalue weighted by Gasteiger charge is -2.21. The lowest BCUT2D eigenvalue weighted by molar-refractivity contribution is -0.120. The van der Waals surface area contributed by atoms with E-state index in [4.69, 9.17) is 0 Å². The molecule has 5 nitrogen and oxygen atoms in total. The molecule has 1 saturated carbocycles. The summed E-state index contributed by atoms with van der Waals surface area (Å²) in [7, 11) is 0. The molecular weight excluding hydrogens is 290 g/mol. The second-order valence-corrected chi connectivity index (χ2v) is 6.26. The highest BCUT2D eigenvalue weighted by atomic mass is 16.3. The number of aryl methyl sites for hydroxylation is 1. The molecule has 0 bridgehead atoms. The number of carbonyl (C=O) groups is 1. The third kappa shape index (κ3) is 3.93. The fourth-order valence-electron chi connectivity index (χ4n) is 3.00. The first-order chi connectivity index (χ1) is 11.0. The molecule has 1 aliphatic rings. The van der Waals surface area contributed by atoms with Gasteiger partial charge in [0.25, 0.3) is 0 Å². The molecule has 1 amide bonds. The molecule has 0 saturated heterocycles. The largest absolute Gasteiger partial charge is 0.389 e. The van der Waals surface area contributed by atoms with Crippen molar-refractivity contribution in [3.8, 4) is 11.4 Å². The first-order valence-corrected chi connectivity index (χ1v) is 7.96. The van der Waals surface area contributed by atoms with Crippen molar-refractivity contribution in [2.24, 2.45) is 0 Å². The monoisotopic (exact) mass is 311 g/mol. The second-order valence-electron chi connectivity index (χ2n) is 6.26. The van der Waals surface area contributed by atoms with Gasteiger partial charge in [0.2, 0.25) is 5.91 Å². The van der Waals surface area contributed by atoms with Crippen LogP contribution in [0, 0.1) is 6.92 Å². The fraction of sp³-hybridized carbons (Fsp3) is 0.389. The van der Waals surface area contributed by atoms with E-state index in [1.165, 1.54) is 0 Å². The van der Waals surface area contributed by atoms with Gasteiger partial charge in [-0.3, -0.25) is 4.79 Å². The third-order valence-corrected chi connectivity index (χ3v) is 4.25. The molecule has 120 valence electrons. The molecule has 1 aromatic carbocycles. The lowest BCUT2D eigenvalue weighted by atomic mass is 9.97. The second kappa shape index (κ2) is 6.46. The minimum atomic E-state index is -0.820. The molecule has 23 heavy (non-hydrogen) atoms. The molecule has 2 N–H and O–H groups in total. The summed E-state index contributed by atoms with van der Waals surface area (Å²) in [5.74, 6) is 0.525. The maximum atomic E-state index is 12.1. The van der Waals surface area contributed by atoms with Crippen LogP contribution in [0.5, 0.6) is 0 Å². The van der Waals surface area contributed by atoms with Crippen LogP contribution in [0.1, 0.15) is 37.8 Å². The third-order valence-electron chi connectivity index (χ3n) is 4.25. The van der Waals surface area contributed by atoms with Gasteiger partial charge in [-0.15, -0.1) is 0 Å². The molecule has 0 atom stereocenters. The van der Waals surface area contributed by atoms with Crippen molar-refractivity contribution in [2.75, 3.05) is 5.32 Å². The molecule has 0 spiro atoms. The van der Waals surface area contributed by atoms with Gasteiger partial charge in [-0.1, -0.05) is 12.8 Å². The highest BCUT2D eigenvalue weighted by Crippen LogP contribution is 2.32. The number of carbonyl (C=O) groups excluding carboxylic acids is 1. The Kier molecular flexibility index (Phi) is 4.39. The van der Waals surface area contributed by atoms with Crippen molar-refractivity contribution < 1.29 is 9.90 Å². The summed E-state index contributed by atoms with van der Waals surface area (Å²) in [5, 5.41) is 13.1. The number of aliphatic hydroxyl groups is 1. The van der Waals surface area contributed by atoms with Crippen LogP contribution in [0.4, 0.5) is 5.69 Å². The molecule has 1 aromatic heterocycles. The number of amides is 1. The number of rotatable bonds is 4. The molecule has 2 aromatic rings. The summed E-state index contributed by atoms with van der Waals surface area (Å²) in [4.78, 5) is 20.7. The number of anilines is 1. The zero-order chi connectivity index (χ0) is 16.3. The van der Waals surface area contributed by atoms with E-state index in [9.17, 15) is 9.90 Å². The van der Waals surface area contributed by atoms with Crippen LogP contribution in [-0.2, 0) is 4.79 Å². The number of nitrogens with one attached hydrogen (secondary N) is 1. The van der Waals surface area contributed by atoms with Gasteiger partial charge in [0.1, 0.15) is 0 Å². The minimum absolute atomic E-state index is 0.144. The Labute approximate surface area is 135 Å². The average Bonchev–Trinajstić information content (AvgIpc) is 2.94. The summed E-state index contributed by atoms with van der Waals surface area (Å²) in [6.07, 6.45) is 5.31. The van der Waals surface area contributed by atoms with Gasteiger partial charge in [-0.05, 0) is 50.1 Å². The quantitative estimate of drug-likeness (QED) is 0.910. The predicted molar refractivity (Wildman–Crippen MR) is 88.9 cm³/mol. The first-order valence-electron chi connectivity index (χ1n) is 7.96. The van der Waals surface area contributed by atoms with Crippen LogP contribution in [0.2, 0.25) is 0 Å². The van der Waals surface area contributed by atoms with Crippen LogP contribution < -0.4 is 5.32 Å². The first kappa shape index (κ1) is 15.6. The van der Waals surface area contributed by atoms with Gasteiger partial charge in [0, 0.05) is 23.1 Å². The summed E-state index contributed by atoms with van der Waals surface area (Å²) < 4.78 is 0. The number of hydrogen-bond acceptors (Lipinski definition) is 4. The molecule has 1 heterocycles. The van der Waals surface area contributed by atoms with Crippen molar-refractivity contribution in [1.82, 2.24) is 9.97 Å². The van der Waals surface area contributed by atoms with Crippen LogP contribution in [0.25, 0.3) is 11.4 Å². The highest BCUT2D eigenvalue weighted by molar-refractivity contribution is 5.91. The van der Waals surface area contributed by atoms with Gasteiger partial charge in [-0.2, -0.15) is 0 Å². The predicted octanol–water partition coefficient (Wildman–Crippen LogP) is 3.09. The Morgan fingerprint density at radius 3 is 2.57 bits per heavy atom. The van der Waals surface area contributed by atoms with Crippen molar-refractivity contribution in [3.63, 3.8) is 0 Å². The highest BCUT2D eigenvalue weighted by Gasteiger charge is 2.33. The van der Waals surface area contributed by atoms with E-state index < -0.39 is 5.60 Å². The van der Waals surface area contributed by atoms with Crippen LogP contribution in [0.3, 0.4) is 0 Å². The van der Waals surface area contributed by atoms with Gasteiger partial charge < -0.3 is 10.4 Å². The normalized spacial score (nSPS) is 16.3. The van der Waals surface area contributed by atoms with E-state index in [-0.39, 0.29) is 12.3 Å². The van der Waals surface area contributed by atoms with E-state index in [0.29, 0.717) is 24.4 Å². The van der Waals surface area contributed by atoms with E-state index >= 15 is 0 Å². The van der Waals surface area contributed by atoms with Gasteiger partial charge in [0.15, 0.2) is 5.82 Å². The molecule has 3 rings (SSSR count). The molecule has 0 aliphatic heterocycles. The average molecular weight is 311 g/mol. The molecule has 1 fully saturated rings. The summed E-state index contributed by atoms with van der Waals surface area (Å²) in [5.41, 5.74) is 1.71. The Bertz CT molecular complexity index is 692. The zero-order valence-electron chi connectivity index (χ0n) is 13.2. The number of hydrogen-bond donors (Lipinski definition) is 2. The fourth-order valence-corrected chi connectivity index (χ4v) is 3.00. The van der Waals surface area contributed by atoms with Crippen LogP contribution >= 0.6 is 0 Å². The maximum Gasteiger partial charge on any atom is 0.227 e.